The predicted molar refractivity (Wildman–Crippen MR) is 72.0 cm³/mol. The number of carbonyl (C=O) groups excluding carboxylic acids is 1. The molecule has 1 N–H and O–H groups in total. The van der Waals surface area contributed by atoms with E-state index < -0.39 is 0 Å². The predicted octanol–water partition coefficient (Wildman–Crippen LogP) is 2.85. The molecule has 0 radical (unpaired) electrons. The number of thiazole rings is 1. The molecule has 0 aliphatic carbocycles. The number of nitrogens with zero attached hydrogens (tertiary/aromatic N) is 1. The number of aryl methyl sites for hydroxylation is 1. The normalized spacial score (nSPS) is 10.3. The summed E-state index contributed by atoms with van der Waals surface area (Å²) in [4.78, 5) is 17.1. The Labute approximate surface area is 110 Å². The van der Waals surface area contributed by atoms with Crippen LogP contribution in [0, 0.1) is 6.92 Å². The van der Waals surface area contributed by atoms with Crippen molar-refractivity contribution in [2.75, 3.05) is 12.4 Å². The molecular weight excluding hydrogens is 248 g/mol. The number of carbonyl (C=O) groups is 1. The molecule has 4 nitrogen and oxygen atoms in total. The minimum atomic E-state index is -0.145. The molecule has 0 spiro atoms. The Morgan fingerprint density at radius 2 is 2.11 bits per heavy atom. The standard InChI is InChI=1S/C13H14N2O2S/c1-9-7-14-13(18-9)15-12(16)11-5-3-10(4-6-11)8-17-2/h3-7H,8H2,1-2H3,(H,14,15,16). The third kappa shape index (κ3) is 3.15. The molecule has 0 unspecified atom stereocenters. The van der Waals surface area contributed by atoms with Gasteiger partial charge in [0.25, 0.3) is 5.91 Å². The summed E-state index contributed by atoms with van der Waals surface area (Å²) < 4.78 is 5.02. The zero-order valence-corrected chi connectivity index (χ0v) is 11.1. The number of rotatable bonds is 4. The van der Waals surface area contributed by atoms with Gasteiger partial charge in [0.1, 0.15) is 0 Å². The molecule has 0 fully saturated rings. The van der Waals surface area contributed by atoms with Crippen LogP contribution in [0.15, 0.2) is 30.5 Å². The molecule has 94 valence electrons. The van der Waals surface area contributed by atoms with Crippen LogP contribution in [0.2, 0.25) is 0 Å². The molecule has 0 aliphatic rings. The van der Waals surface area contributed by atoms with Crippen LogP contribution in [0.25, 0.3) is 0 Å². The maximum atomic E-state index is 11.9. The minimum Gasteiger partial charge on any atom is -0.380 e. The number of ether oxygens (including phenoxy) is 1. The first kappa shape index (κ1) is 12.7. The second-order valence-corrected chi connectivity index (χ2v) is 5.09. The Bertz CT molecular complexity index is 534. The van der Waals surface area contributed by atoms with Crippen LogP contribution in [0.1, 0.15) is 20.8 Å². The van der Waals surface area contributed by atoms with E-state index in [0.717, 1.165) is 10.4 Å². The van der Waals surface area contributed by atoms with Crippen molar-refractivity contribution < 1.29 is 9.53 Å². The lowest BCUT2D eigenvalue weighted by molar-refractivity contribution is 0.102. The van der Waals surface area contributed by atoms with E-state index in [2.05, 4.69) is 10.3 Å². The molecule has 2 aromatic rings. The second kappa shape index (κ2) is 5.75. The maximum absolute atomic E-state index is 11.9. The first-order valence-corrected chi connectivity index (χ1v) is 6.32. The topological polar surface area (TPSA) is 51.2 Å². The van der Waals surface area contributed by atoms with Gasteiger partial charge in [-0.05, 0) is 24.6 Å². The summed E-state index contributed by atoms with van der Waals surface area (Å²) in [5.41, 5.74) is 1.65. The van der Waals surface area contributed by atoms with Gasteiger partial charge in [0.2, 0.25) is 0 Å². The fourth-order valence-corrected chi connectivity index (χ4v) is 2.16. The lowest BCUT2D eigenvalue weighted by Gasteiger charge is -2.03. The quantitative estimate of drug-likeness (QED) is 0.921. The van der Waals surface area contributed by atoms with Crippen molar-refractivity contribution in [1.29, 1.82) is 0 Å². The zero-order valence-electron chi connectivity index (χ0n) is 10.3. The van der Waals surface area contributed by atoms with Crippen molar-refractivity contribution in [3.63, 3.8) is 0 Å². The van der Waals surface area contributed by atoms with Crippen LogP contribution in [0.4, 0.5) is 5.13 Å². The Morgan fingerprint density at radius 1 is 1.39 bits per heavy atom. The molecule has 0 aliphatic heterocycles. The SMILES string of the molecule is COCc1ccc(C(=O)Nc2ncc(C)s2)cc1. The summed E-state index contributed by atoms with van der Waals surface area (Å²) >= 11 is 1.46. The molecule has 18 heavy (non-hydrogen) atoms. The molecule has 1 amide bonds. The van der Waals surface area contributed by atoms with E-state index in [-0.39, 0.29) is 5.91 Å². The lowest BCUT2D eigenvalue weighted by atomic mass is 10.1. The van der Waals surface area contributed by atoms with Gasteiger partial charge in [-0.3, -0.25) is 10.1 Å². The highest BCUT2D eigenvalue weighted by atomic mass is 32.1. The van der Waals surface area contributed by atoms with Crippen LogP contribution >= 0.6 is 11.3 Å². The third-order valence-electron chi connectivity index (χ3n) is 2.37. The van der Waals surface area contributed by atoms with Crippen LogP contribution in [0.3, 0.4) is 0 Å². The number of hydrogen-bond donors (Lipinski definition) is 1. The van der Waals surface area contributed by atoms with E-state index in [1.54, 1.807) is 25.4 Å². The van der Waals surface area contributed by atoms with Crippen molar-refractivity contribution in [3.05, 3.63) is 46.5 Å². The highest BCUT2D eigenvalue weighted by molar-refractivity contribution is 7.15. The van der Waals surface area contributed by atoms with Gasteiger partial charge >= 0.3 is 0 Å². The van der Waals surface area contributed by atoms with Crippen molar-refractivity contribution >= 4 is 22.4 Å². The number of nitrogens with one attached hydrogen (secondary N) is 1. The van der Waals surface area contributed by atoms with Crippen molar-refractivity contribution in [3.8, 4) is 0 Å². The van der Waals surface area contributed by atoms with Gasteiger partial charge in [-0.2, -0.15) is 0 Å². The smallest absolute Gasteiger partial charge is 0.257 e. The van der Waals surface area contributed by atoms with E-state index in [0.29, 0.717) is 17.3 Å². The summed E-state index contributed by atoms with van der Waals surface area (Å²) in [6.45, 7) is 2.50. The van der Waals surface area contributed by atoms with E-state index in [1.807, 2.05) is 19.1 Å². The van der Waals surface area contributed by atoms with Crippen LogP contribution in [0.5, 0.6) is 0 Å². The molecule has 2 rings (SSSR count). The molecule has 1 heterocycles. The van der Waals surface area contributed by atoms with Crippen LogP contribution in [-0.4, -0.2) is 18.0 Å². The monoisotopic (exact) mass is 262 g/mol. The summed E-state index contributed by atoms with van der Waals surface area (Å²) in [6.07, 6.45) is 1.74. The molecular formula is C13H14N2O2S. The number of amides is 1. The van der Waals surface area contributed by atoms with E-state index in [9.17, 15) is 4.79 Å². The first-order valence-electron chi connectivity index (χ1n) is 5.50. The van der Waals surface area contributed by atoms with E-state index in [4.69, 9.17) is 4.74 Å². The molecule has 0 saturated heterocycles. The number of aromatic nitrogens is 1. The Kier molecular flexibility index (Phi) is 4.07. The van der Waals surface area contributed by atoms with Gasteiger partial charge in [-0.25, -0.2) is 4.98 Å². The van der Waals surface area contributed by atoms with E-state index >= 15 is 0 Å². The van der Waals surface area contributed by atoms with Crippen LogP contribution < -0.4 is 5.32 Å². The number of methoxy groups -OCH3 is 1. The minimum absolute atomic E-state index is 0.145. The number of hydrogen-bond acceptors (Lipinski definition) is 4. The molecule has 5 heteroatoms. The zero-order chi connectivity index (χ0) is 13.0. The first-order chi connectivity index (χ1) is 8.69. The van der Waals surface area contributed by atoms with Gasteiger partial charge < -0.3 is 4.74 Å². The number of anilines is 1. The number of benzene rings is 1. The Hall–Kier alpha value is -1.72. The van der Waals surface area contributed by atoms with Crippen LogP contribution in [-0.2, 0) is 11.3 Å². The summed E-state index contributed by atoms with van der Waals surface area (Å²) in [7, 11) is 1.64. The third-order valence-corrected chi connectivity index (χ3v) is 3.20. The largest absolute Gasteiger partial charge is 0.380 e. The van der Waals surface area contributed by atoms with Gasteiger partial charge in [-0.15, -0.1) is 11.3 Å². The van der Waals surface area contributed by atoms with Crippen molar-refractivity contribution in [1.82, 2.24) is 4.98 Å². The summed E-state index contributed by atoms with van der Waals surface area (Å²) in [5.74, 6) is -0.145. The highest BCUT2D eigenvalue weighted by Gasteiger charge is 2.07. The summed E-state index contributed by atoms with van der Waals surface area (Å²) in [5, 5.41) is 3.39. The molecule has 0 saturated carbocycles. The Morgan fingerprint density at radius 3 is 2.67 bits per heavy atom. The van der Waals surface area contributed by atoms with Gasteiger partial charge in [-0.1, -0.05) is 12.1 Å². The highest BCUT2D eigenvalue weighted by Crippen LogP contribution is 2.17. The lowest BCUT2D eigenvalue weighted by Crippen LogP contribution is -2.11. The van der Waals surface area contributed by atoms with Gasteiger partial charge in [0.15, 0.2) is 5.13 Å². The molecule has 0 atom stereocenters. The fraction of sp³-hybridized carbons (Fsp3) is 0.231. The van der Waals surface area contributed by atoms with Crippen molar-refractivity contribution in [2.45, 2.75) is 13.5 Å². The maximum Gasteiger partial charge on any atom is 0.257 e. The fourth-order valence-electron chi connectivity index (χ4n) is 1.50. The molecule has 1 aromatic carbocycles. The van der Waals surface area contributed by atoms with Gasteiger partial charge in [0.05, 0.1) is 6.61 Å². The average molecular weight is 262 g/mol. The van der Waals surface area contributed by atoms with Gasteiger partial charge in [0, 0.05) is 23.7 Å². The summed E-state index contributed by atoms with van der Waals surface area (Å²) in [6, 6.07) is 7.32. The second-order valence-electron chi connectivity index (χ2n) is 3.86. The molecule has 0 bridgehead atoms. The average Bonchev–Trinajstić information content (AvgIpc) is 2.76. The van der Waals surface area contributed by atoms with Crippen molar-refractivity contribution in [2.24, 2.45) is 0 Å². The van der Waals surface area contributed by atoms with E-state index in [1.165, 1.54) is 11.3 Å². The molecule has 1 aromatic heterocycles. The Balaban J connectivity index is 2.04.